The monoisotopic (exact) mass is 280 g/mol. The van der Waals surface area contributed by atoms with Crippen LogP contribution in [0.4, 0.5) is 0 Å². The summed E-state index contributed by atoms with van der Waals surface area (Å²) in [5.74, 6) is -0.340. The fraction of sp³-hybridized carbons (Fsp3) is 0.667. The molecule has 0 bridgehead atoms. The van der Waals surface area contributed by atoms with Crippen LogP contribution in [0.3, 0.4) is 0 Å². The normalized spacial score (nSPS) is 20.1. The molecular formula is C15H24N2O3. The zero-order valence-corrected chi connectivity index (χ0v) is 12.1. The number of aromatic carboxylic acids is 1. The van der Waals surface area contributed by atoms with E-state index >= 15 is 0 Å². The lowest BCUT2D eigenvalue weighted by Gasteiger charge is -2.33. The van der Waals surface area contributed by atoms with Gasteiger partial charge in [0.25, 0.3) is 0 Å². The van der Waals surface area contributed by atoms with E-state index in [1.54, 1.807) is 6.07 Å². The van der Waals surface area contributed by atoms with E-state index in [1.165, 1.54) is 31.9 Å². The average molecular weight is 280 g/mol. The van der Waals surface area contributed by atoms with Gasteiger partial charge in [-0.15, -0.1) is 0 Å². The number of carbonyl (C=O) groups is 1. The van der Waals surface area contributed by atoms with E-state index in [-0.39, 0.29) is 5.76 Å². The molecule has 20 heavy (non-hydrogen) atoms. The summed E-state index contributed by atoms with van der Waals surface area (Å²) in [4.78, 5) is 13.2. The van der Waals surface area contributed by atoms with Gasteiger partial charge in [-0.3, -0.25) is 0 Å². The van der Waals surface area contributed by atoms with Gasteiger partial charge in [-0.05, 0) is 58.0 Å². The zero-order chi connectivity index (χ0) is 14.4. The van der Waals surface area contributed by atoms with E-state index in [0.717, 1.165) is 19.5 Å². The van der Waals surface area contributed by atoms with E-state index in [1.807, 2.05) is 0 Å². The second-order valence-corrected chi connectivity index (χ2v) is 5.48. The van der Waals surface area contributed by atoms with Crippen LogP contribution in [0.25, 0.3) is 0 Å². The summed E-state index contributed by atoms with van der Waals surface area (Å²) in [6.45, 7) is 6.17. The quantitative estimate of drug-likeness (QED) is 0.750. The van der Waals surface area contributed by atoms with Gasteiger partial charge in [0.1, 0.15) is 5.76 Å². The lowest BCUT2D eigenvalue weighted by atomic mass is 10.0. The van der Waals surface area contributed by atoms with Gasteiger partial charge in [0.15, 0.2) is 0 Å². The average Bonchev–Trinajstić information content (AvgIpc) is 2.89. The molecule has 1 atom stereocenters. The minimum Gasteiger partial charge on any atom is -0.475 e. The van der Waals surface area contributed by atoms with Crippen LogP contribution in [0.1, 0.15) is 48.9 Å². The van der Waals surface area contributed by atoms with Crippen molar-refractivity contribution >= 4 is 5.97 Å². The van der Waals surface area contributed by atoms with Crippen LogP contribution >= 0.6 is 0 Å². The second-order valence-electron chi connectivity index (χ2n) is 5.48. The Labute approximate surface area is 119 Å². The maximum absolute atomic E-state index is 10.7. The van der Waals surface area contributed by atoms with E-state index < -0.39 is 5.97 Å². The maximum atomic E-state index is 10.7. The molecule has 1 aromatic heterocycles. The number of carboxylic acid groups (broad SMARTS) is 1. The molecule has 2 rings (SSSR count). The Bertz CT molecular complexity index is 431. The van der Waals surface area contributed by atoms with Gasteiger partial charge < -0.3 is 19.7 Å². The number of nitrogens with one attached hydrogen (secondary N) is 1. The van der Waals surface area contributed by atoms with Crippen LogP contribution < -0.4 is 5.32 Å². The minimum absolute atomic E-state index is 0.00365. The Morgan fingerprint density at radius 1 is 1.50 bits per heavy atom. The highest BCUT2D eigenvalue weighted by atomic mass is 16.4. The largest absolute Gasteiger partial charge is 0.475 e. The Balaban J connectivity index is 1.60. The lowest BCUT2D eigenvalue weighted by Crippen LogP contribution is -2.38. The van der Waals surface area contributed by atoms with Crippen molar-refractivity contribution in [1.82, 2.24) is 10.2 Å². The third-order valence-electron chi connectivity index (χ3n) is 3.91. The van der Waals surface area contributed by atoms with Crippen molar-refractivity contribution in [2.24, 2.45) is 0 Å². The van der Waals surface area contributed by atoms with Crippen molar-refractivity contribution in [2.45, 2.75) is 45.2 Å². The molecule has 5 nitrogen and oxygen atoms in total. The number of carboxylic acids is 1. The molecular weight excluding hydrogens is 256 g/mol. The Hall–Kier alpha value is -1.33. The van der Waals surface area contributed by atoms with Gasteiger partial charge in [-0.1, -0.05) is 6.42 Å². The van der Waals surface area contributed by atoms with Gasteiger partial charge in [-0.25, -0.2) is 4.79 Å². The predicted octanol–water partition coefficient (Wildman–Crippen LogP) is 2.33. The number of nitrogens with zero attached hydrogens (tertiary/aromatic N) is 1. The van der Waals surface area contributed by atoms with Gasteiger partial charge in [0.2, 0.25) is 5.76 Å². The van der Waals surface area contributed by atoms with Crippen molar-refractivity contribution < 1.29 is 14.3 Å². The summed E-state index contributed by atoms with van der Waals surface area (Å²) in [7, 11) is 0. The minimum atomic E-state index is -1.02. The molecule has 0 aromatic carbocycles. The number of piperidine rings is 1. The molecule has 5 heteroatoms. The Morgan fingerprint density at radius 3 is 3.05 bits per heavy atom. The van der Waals surface area contributed by atoms with Crippen molar-refractivity contribution in [3.05, 3.63) is 23.7 Å². The molecule has 0 radical (unpaired) electrons. The first-order valence-electron chi connectivity index (χ1n) is 7.43. The molecule has 1 fully saturated rings. The predicted molar refractivity (Wildman–Crippen MR) is 76.9 cm³/mol. The van der Waals surface area contributed by atoms with E-state index in [4.69, 9.17) is 9.52 Å². The van der Waals surface area contributed by atoms with E-state index in [2.05, 4.69) is 17.1 Å². The van der Waals surface area contributed by atoms with Crippen LogP contribution in [-0.2, 0) is 6.54 Å². The van der Waals surface area contributed by atoms with Gasteiger partial charge in [0, 0.05) is 6.04 Å². The fourth-order valence-corrected chi connectivity index (χ4v) is 2.70. The SMILES string of the molecule is CC1CCCCN1CCCNCc1ccc(C(=O)O)o1. The Morgan fingerprint density at radius 2 is 2.35 bits per heavy atom. The standard InChI is InChI=1S/C15H24N2O3/c1-12-5-2-3-9-17(12)10-4-8-16-11-13-6-7-14(20-13)15(18)19/h6-7,12,16H,2-5,8-11H2,1H3,(H,18,19). The molecule has 1 saturated heterocycles. The smallest absolute Gasteiger partial charge is 0.371 e. The summed E-state index contributed by atoms with van der Waals surface area (Å²) >= 11 is 0. The number of rotatable bonds is 7. The molecule has 2 heterocycles. The maximum Gasteiger partial charge on any atom is 0.371 e. The second kappa shape index (κ2) is 7.45. The molecule has 0 spiro atoms. The lowest BCUT2D eigenvalue weighted by molar-refractivity contribution is 0.0660. The first kappa shape index (κ1) is 15.1. The molecule has 0 saturated carbocycles. The van der Waals surface area contributed by atoms with Crippen LogP contribution in [-0.4, -0.2) is 41.7 Å². The van der Waals surface area contributed by atoms with Gasteiger partial charge in [0.05, 0.1) is 6.54 Å². The third kappa shape index (κ3) is 4.35. The molecule has 1 aliphatic rings. The summed E-state index contributed by atoms with van der Waals surface area (Å²) < 4.78 is 5.19. The molecule has 2 N–H and O–H groups in total. The molecule has 0 aliphatic carbocycles. The number of hydrogen-bond acceptors (Lipinski definition) is 4. The summed E-state index contributed by atoms with van der Waals surface area (Å²) in [5, 5.41) is 12.1. The van der Waals surface area contributed by atoms with Gasteiger partial charge >= 0.3 is 5.97 Å². The highest BCUT2D eigenvalue weighted by Gasteiger charge is 2.17. The van der Waals surface area contributed by atoms with Crippen molar-refractivity contribution in [3.63, 3.8) is 0 Å². The Kier molecular flexibility index (Phi) is 5.61. The molecule has 1 aliphatic heterocycles. The van der Waals surface area contributed by atoms with Gasteiger partial charge in [-0.2, -0.15) is 0 Å². The van der Waals surface area contributed by atoms with Crippen molar-refractivity contribution in [2.75, 3.05) is 19.6 Å². The van der Waals surface area contributed by atoms with Crippen LogP contribution in [0.2, 0.25) is 0 Å². The number of likely N-dealkylation sites (tertiary alicyclic amines) is 1. The van der Waals surface area contributed by atoms with Crippen LogP contribution in [0, 0.1) is 0 Å². The van der Waals surface area contributed by atoms with E-state index in [9.17, 15) is 4.79 Å². The van der Waals surface area contributed by atoms with E-state index in [0.29, 0.717) is 18.3 Å². The molecule has 1 aromatic rings. The summed E-state index contributed by atoms with van der Waals surface area (Å²) in [5.41, 5.74) is 0. The zero-order valence-electron chi connectivity index (χ0n) is 12.1. The first-order valence-corrected chi connectivity index (χ1v) is 7.43. The van der Waals surface area contributed by atoms with Crippen molar-refractivity contribution in [1.29, 1.82) is 0 Å². The molecule has 1 unspecified atom stereocenters. The molecule has 0 amide bonds. The topological polar surface area (TPSA) is 65.7 Å². The van der Waals surface area contributed by atoms with Crippen LogP contribution in [0.15, 0.2) is 16.5 Å². The first-order chi connectivity index (χ1) is 9.66. The third-order valence-corrected chi connectivity index (χ3v) is 3.91. The van der Waals surface area contributed by atoms with Crippen LogP contribution in [0.5, 0.6) is 0 Å². The number of furan rings is 1. The van der Waals surface area contributed by atoms with Crippen molar-refractivity contribution in [3.8, 4) is 0 Å². The molecule has 112 valence electrons. The number of hydrogen-bond donors (Lipinski definition) is 2. The summed E-state index contributed by atoms with van der Waals surface area (Å²) in [6.07, 6.45) is 5.11. The summed E-state index contributed by atoms with van der Waals surface area (Å²) in [6, 6.07) is 3.92. The highest BCUT2D eigenvalue weighted by Crippen LogP contribution is 2.16. The fourth-order valence-electron chi connectivity index (χ4n) is 2.70. The highest BCUT2D eigenvalue weighted by molar-refractivity contribution is 5.84.